The zero-order valence-corrected chi connectivity index (χ0v) is 6.26. The van der Waals surface area contributed by atoms with Crippen molar-refractivity contribution in [2.24, 2.45) is 0 Å². The molecule has 10 heavy (non-hydrogen) atoms. The Kier molecular flexibility index (Phi) is 8.24. The number of hydrogen-bond donors (Lipinski definition) is 0. The number of ether oxygens (including phenoxy) is 2. The van der Waals surface area contributed by atoms with E-state index in [1.54, 1.807) is 13.4 Å². The second-order valence-electron chi connectivity index (χ2n) is 1.85. The van der Waals surface area contributed by atoms with Gasteiger partial charge in [-0.1, -0.05) is 0 Å². The molecule has 59 valence electrons. The van der Waals surface area contributed by atoms with E-state index in [0.29, 0.717) is 26.2 Å². The number of unbranched alkanes of at least 4 members (excludes halogenated alkanes) is 1. The molecule has 0 unspecified atom stereocenters. The molecule has 1 radical (unpaired) electrons. The van der Waals surface area contributed by atoms with Crippen LogP contribution >= 0.6 is 0 Å². The summed E-state index contributed by atoms with van der Waals surface area (Å²) >= 11 is 0. The van der Waals surface area contributed by atoms with Crippen molar-refractivity contribution in [3.05, 3.63) is 0 Å². The first kappa shape index (κ1) is 9.59. The summed E-state index contributed by atoms with van der Waals surface area (Å²) in [6.45, 7) is 1.85. The zero-order valence-electron chi connectivity index (χ0n) is 6.26. The molecule has 0 aliphatic heterocycles. The minimum absolute atomic E-state index is 0.465. The highest BCUT2D eigenvalue weighted by atomic mass is 16.5. The van der Waals surface area contributed by atoms with Crippen LogP contribution in [0.1, 0.15) is 12.8 Å². The standard InChI is InChI=1S/C7H13O3/c1-9-6-7-10-5-3-2-4-8/h2-3,5-7H2,1H3. The molecule has 0 atom stereocenters. The third-order valence-electron chi connectivity index (χ3n) is 0.999. The second kappa shape index (κ2) is 8.59. The Morgan fingerprint density at radius 2 is 2.10 bits per heavy atom. The first-order valence-electron chi connectivity index (χ1n) is 3.33. The average molecular weight is 145 g/mol. The van der Waals surface area contributed by atoms with Crippen LogP contribution in [0.3, 0.4) is 0 Å². The maximum atomic E-state index is 9.69. The minimum Gasteiger partial charge on any atom is -0.382 e. The van der Waals surface area contributed by atoms with Crippen LogP contribution in [0.5, 0.6) is 0 Å². The van der Waals surface area contributed by atoms with E-state index >= 15 is 0 Å². The van der Waals surface area contributed by atoms with Crippen LogP contribution in [0.2, 0.25) is 0 Å². The molecular formula is C7H13O3. The lowest BCUT2D eigenvalue weighted by Gasteiger charge is -1.99. The quantitative estimate of drug-likeness (QED) is 0.490. The van der Waals surface area contributed by atoms with Crippen molar-refractivity contribution in [1.29, 1.82) is 0 Å². The number of hydrogen-bond acceptors (Lipinski definition) is 3. The van der Waals surface area contributed by atoms with E-state index in [1.807, 2.05) is 0 Å². The van der Waals surface area contributed by atoms with E-state index in [9.17, 15) is 4.79 Å². The second-order valence-corrected chi connectivity index (χ2v) is 1.85. The highest BCUT2D eigenvalue weighted by Crippen LogP contribution is 1.85. The maximum Gasteiger partial charge on any atom is 0.198 e. The van der Waals surface area contributed by atoms with Gasteiger partial charge in [-0.25, -0.2) is 0 Å². The van der Waals surface area contributed by atoms with Crippen LogP contribution in [0.25, 0.3) is 0 Å². The molecule has 0 rings (SSSR count). The summed E-state index contributed by atoms with van der Waals surface area (Å²) in [4.78, 5) is 9.69. The fourth-order valence-corrected chi connectivity index (χ4v) is 0.491. The summed E-state index contributed by atoms with van der Waals surface area (Å²) in [5.74, 6) is 0. The Balaban J connectivity index is 2.70. The fraction of sp³-hybridized carbons (Fsp3) is 0.857. The Hall–Kier alpha value is -0.410. The van der Waals surface area contributed by atoms with E-state index in [2.05, 4.69) is 0 Å². The fourth-order valence-electron chi connectivity index (χ4n) is 0.491. The molecule has 0 aliphatic carbocycles. The number of rotatable bonds is 7. The van der Waals surface area contributed by atoms with Crippen molar-refractivity contribution in [3.63, 3.8) is 0 Å². The number of methoxy groups -OCH3 is 1. The van der Waals surface area contributed by atoms with Crippen LogP contribution in [0.4, 0.5) is 0 Å². The van der Waals surface area contributed by atoms with Gasteiger partial charge in [0.05, 0.1) is 13.2 Å². The van der Waals surface area contributed by atoms with Gasteiger partial charge in [0.25, 0.3) is 0 Å². The lowest BCUT2D eigenvalue weighted by Crippen LogP contribution is -2.02. The highest BCUT2D eigenvalue weighted by molar-refractivity contribution is 5.50. The molecule has 0 bridgehead atoms. The average Bonchev–Trinajstić information content (AvgIpc) is 1.97. The van der Waals surface area contributed by atoms with Crippen molar-refractivity contribution < 1.29 is 14.3 Å². The van der Waals surface area contributed by atoms with Gasteiger partial charge in [0.1, 0.15) is 0 Å². The lowest BCUT2D eigenvalue weighted by molar-refractivity contribution is 0.0700. The molecule has 0 fully saturated rings. The predicted molar refractivity (Wildman–Crippen MR) is 37.6 cm³/mol. The van der Waals surface area contributed by atoms with Crippen LogP contribution in [0.15, 0.2) is 0 Å². The summed E-state index contributed by atoms with van der Waals surface area (Å²) in [5.41, 5.74) is 0. The van der Waals surface area contributed by atoms with Crippen LogP contribution < -0.4 is 0 Å². The summed E-state index contributed by atoms with van der Waals surface area (Å²) in [6, 6.07) is 0. The van der Waals surface area contributed by atoms with E-state index in [1.165, 1.54) is 0 Å². The van der Waals surface area contributed by atoms with Crippen molar-refractivity contribution in [2.75, 3.05) is 26.9 Å². The van der Waals surface area contributed by atoms with Gasteiger partial charge in [0.15, 0.2) is 6.29 Å². The molecule has 0 heterocycles. The van der Waals surface area contributed by atoms with Gasteiger partial charge in [0.2, 0.25) is 0 Å². The SMILES string of the molecule is COCCOCCC[C]=O. The number of carbonyl (C=O) groups excluding carboxylic acids is 1. The largest absolute Gasteiger partial charge is 0.382 e. The van der Waals surface area contributed by atoms with Gasteiger partial charge >= 0.3 is 0 Å². The first-order chi connectivity index (χ1) is 4.91. The topological polar surface area (TPSA) is 35.5 Å². The molecule has 0 aliphatic rings. The normalized spacial score (nSPS) is 9.70. The van der Waals surface area contributed by atoms with Gasteiger partial charge < -0.3 is 9.47 Å². The van der Waals surface area contributed by atoms with Gasteiger partial charge in [-0.05, 0) is 6.42 Å². The summed E-state index contributed by atoms with van der Waals surface area (Å²) < 4.78 is 9.82. The minimum atomic E-state index is 0.465. The smallest absolute Gasteiger partial charge is 0.198 e. The van der Waals surface area contributed by atoms with Crippen molar-refractivity contribution in [2.45, 2.75) is 12.8 Å². The van der Waals surface area contributed by atoms with E-state index in [4.69, 9.17) is 9.47 Å². The van der Waals surface area contributed by atoms with Gasteiger partial charge in [0, 0.05) is 20.1 Å². The first-order valence-corrected chi connectivity index (χ1v) is 3.33. The Bertz CT molecular complexity index is 73.3. The molecule has 3 nitrogen and oxygen atoms in total. The monoisotopic (exact) mass is 145 g/mol. The zero-order chi connectivity index (χ0) is 7.66. The summed E-state index contributed by atoms with van der Waals surface area (Å²) in [5, 5.41) is 0. The Labute approximate surface area is 61.3 Å². The van der Waals surface area contributed by atoms with E-state index in [0.717, 1.165) is 6.42 Å². The Morgan fingerprint density at radius 3 is 2.70 bits per heavy atom. The lowest BCUT2D eigenvalue weighted by atomic mass is 10.3. The Morgan fingerprint density at radius 1 is 1.30 bits per heavy atom. The summed E-state index contributed by atoms with van der Waals surface area (Å²) in [6.07, 6.45) is 3.02. The van der Waals surface area contributed by atoms with Crippen molar-refractivity contribution in [3.8, 4) is 0 Å². The molecule has 0 N–H and O–H groups in total. The van der Waals surface area contributed by atoms with Gasteiger partial charge in [-0.2, -0.15) is 0 Å². The highest BCUT2D eigenvalue weighted by Gasteiger charge is 1.87. The molecular weight excluding hydrogens is 132 g/mol. The maximum absolute atomic E-state index is 9.69. The molecule has 0 aromatic carbocycles. The van der Waals surface area contributed by atoms with E-state index < -0.39 is 0 Å². The van der Waals surface area contributed by atoms with Crippen LogP contribution in [-0.2, 0) is 14.3 Å². The molecule has 3 heteroatoms. The van der Waals surface area contributed by atoms with Crippen LogP contribution in [0, 0.1) is 0 Å². The molecule has 0 aromatic heterocycles. The third kappa shape index (κ3) is 7.59. The van der Waals surface area contributed by atoms with Gasteiger partial charge in [-0.15, -0.1) is 0 Å². The molecule has 0 spiro atoms. The predicted octanol–water partition coefficient (Wildman–Crippen LogP) is 0.539. The molecule has 0 saturated heterocycles. The van der Waals surface area contributed by atoms with E-state index in [-0.39, 0.29) is 0 Å². The summed E-state index contributed by atoms with van der Waals surface area (Å²) in [7, 11) is 1.63. The molecule has 0 amide bonds. The van der Waals surface area contributed by atoms with Crippen LogP contribution in [-0.4, -0.2) is 33.2 Å². The third-order valence-corrected chi connectivity index (χ3v) is 0.999. The van der Waals surface area contributed by atoms with Crippen molar-refractivity contribution >= 4 is 6.29 Å². The van der Waals surface area contributed by atoms with Crippen molar-refractivity contribution in [1.82, 2.24) is 0 Å². The molecule has 0 saturated carbocycles. The molecule has 0 aromatic rings. The van der Waals surface area contributed by atoms with Gasteiger partial charge in [-0.3, -0.25) is 4.79 Å².